The van der Waals surface area contributed by atoms with Crippen molar-refractivity contribution < 1.29 is 0 Å². The van der Waals surface area contributed by atoms with Gasteiger partial charge in [0.25, 0.3) is 0 Å². The van der Waals surface area contributed by atoms with Crippen LogP contribution < -0.4 is 4.90 Å². The van der Waals surface area contributed by atoms with Gasteiger partial charge in [0.15, 0.2) is 0 Å². The van der Waals surface area contributed by atoms with E-state index in [1.807, 2.05) is 18.2 Å². The molecule has 0 spiro atoms. The summed E-state index contributed by atoms with van der Waals surface area (Å²) in [4.78, 5) is 6.98. The number of anilines is 1. The Bertz CT molecular complexity index is 565. The van der Waals surface area contributed by atoms with Gasteiger partial charge in [0.05, 0.1) is 10.5 Å². The fourth-order valence-electron chi connectivity index (χ4n) is 2.49. The molecule has 1 aliphatic heterocycles. The third-order valence-corrected chi connectivity index (χ3v) is 3.87. The first kappa shape index (κ1) is 10.8. The first-order chi connectivity index (χ1) is 8.27. The van der Waals surface area contributed by atoms with Gasteiger partial charge in [0, 0.05) is 24.5 Å². The van der Waals surface area contributed by atoms with Gasteiger partial charge < -0.3 is 4.90 Å². The lowest BCUT2D eigenvalue weighted by Gasteiger charge is -2.19. The topological polar surface area (TPSA) is 16.1 Å². The number of pyridine rings is 1. The van der Waals surface area contributed by atoms with E-state index in [1.165, 1.54) is 18.4 Å². The van der Waals surface area contributed by atoms with Crippen molar-refractivity contribution in [2.24, 2.45) is 0 Å². The molecule has 2 heterocycles. The van der Waals surface area contributed by atoms with E-state index in [9.17, 15) is 0 Å². The molecule has 0 saturated carbocycles. The highest BCUT2D eigenvalue weighted by atomic mass is 35.5. The Morgan fingerprint density at radius 2 is 2.06 bits per heavy atom. The second-order valence-corrected chi connectivity index (χ2v) is 5.00. The van der Waals surface area contributed by atoms with E-state index in [0.29, 0.717) is 0 Å². The minimum Gasteiger partial charge on any atom is -0.359 e. The van der Waals surface area contributed by atoms with E-state index in [-0.39, 0.29) is 0 Å². The summed E-state index contributed by atoms with van der Waals surface area (Å²) in [5, 5.41) is 1.96. The lowest BCUT2D eigenvalue weighted by atomic mass is 10.1. The third-order valence-electron chi connectivity index (χ3n) is 3.43. The quantitative estimate of drug-likeness (QED) is 0.705. The van der Waals surface area contributed by atoms with Crippen molar-refractivity contribution in [3.05, 3.63) is 34.9 Å². The fraction of sp³-hybridized carbons (Fsp3) is 0.357. The minimum atomic E-state index is 0.888. The summed E-state index contributed by atoms with van der Waals surface area (Å²) in [6.45, 7) is 1.06. The lowest BCUT2D eigenvalue weighted by molar-refractivity contribution is 0.749. The van der Waals surface area contributed by atoms with Crippen molar-refractivity contribution in [2.75, 3.05) is 18.5 Å². The molecule has 2 aromatic rings. The molecule has 0 atom stereocenters. The number of hydrogen-bond acceptors (Lipinski definition) is 2. The smallest absolute Gasteiger partial charge is 0.133 e. The Kier molecular flexibility index (Phi) is 2.67. The van der Waals surface area contributed by atoms with Crippen LogP contribution in [0.1, 0.15) is 18.4 Å². The monoisotopic (exact) mass is 246 g/mol. The van der Waals surface area contributed by atoms with Crippen LogP contribution in [0, 0.1) is 0 Å². The maximum atomic E-state index is 6.53. The zero-order chi connectivity index (χ0) is 11.8. The van der Waals surface area contributed by atoms with E-state index in [2.05, 4.69) is 18.0 Å². The van der Waals surface area contributed by atoms with Crippen LogP contribution in [0.2, 0.25) is 5.02 Å². The molecule has 1 aliphatic rings. The largest absolute Gasteiger partial charge is 0.359 e. The Balaban J connectivity index is 2.31. The molecule has 0 N–H and O–H groups in total. The standard InChI is InChI=1S/C14H15ClN2/c1-17-9-5-4-7-11-13(15)10-6-2-3-8-12(10)16-14(11)17/h2-3,6,8H,4-5,7,9H2,1H3. The van der Waals surface area contributed by atoms with Crippen LogP contribution in [0.4, 0.5) is 5.82 Å². The Morgan fingerprint density at radius 1 is 1.24 bits per heavy atom. The van der Waals surface area contributed by atoms with Gasteiger partial charge in [-0.2, -0.15) is 0 Å². The summed E-state index contributed by atoms with van der Waals surface area (Å²) in [6.07, 6.45) is 3.44. The molecule has 3 rings (SSSR count). The first-order valence-corrected chi connectivity index (χ1v) is 6.43. The van der Waals surface area contributed by atoms with Crippen molar-refractivity contribution in [1.82, 2.24) is 4.98 Å². The first-order valence-electron chi connectivity index (χ1n) is 6.05. The van der Waals surface area contributed by atoms with Gasteiger partial charge >= 0.3 is 0 Å². The van der Waals surface area contributed by atoms with Crippen LogP contribution >= 0.6 is 11.6 Å². The number of hydrogen-bond donors (Lipinski definition) is 0. The number of rotatable bonds is 0. The number of aromatic nitrogens is 1. The summed E-state index contributed by atoms with van der Waals surface area (Å²) >= 11 is 6.53. The molecular weight excluding hydrogens is 232 g/mol. The highest BCUT2D eigenvalue weighted by molar-refractivity contribution is 6.36. The molecule has 0 bridgehead atoms. The van der Waals surface area contributed by atoms with Crippen LogP contribution in [0.15, 0.2) is 24.3 Å². The van der Waals surface area contributed by atoms with Crippen LogP contribution in [-0.4, -0.2) is 18.6 Å². The Hall–Kier alpha value is -1.28. The van der Waals surface area contributed by atoms with Crippen molar-refractivity contribution in [3.63, 3.8) is 0 Å². The molecule has 0 unspecified atom stereocenters. The molecular formula is C14H15ClN2. The van der Waals surface area contributed by atoms with Crippen LogP contribution in [0.3, 0.4) is 0 Å². The highest BCUT2D eigenvalue weighted by Crippen LogP contribution is 2.34. The van der Waals surface area contributed by atoms with Crippen molar-refractivity contribution in [1.29, 1.82) is 0 Å². The summed E-state index contributed by atoms with van der Waals surface area (Å²) in [5.41, 5.74) is 2.20. The minimum absolute atomic E-state index is 0.888. The van der Waals surface area contributed by atoms with E-state index in [1.54, 1.807) is 0 Å². The summed E-state index contributed by atoms with van der Waals surface area (Å²) in [7, 11) is 2.10. The van der Waals surface area contributed by atoms with E-state index >= 15 is 0 Å². The molecule has 0 amide bonds. The Morgan fingerprint density at radius 3 is 2.94 bits per heavy atom. The van der Waals surface area contributed by atoms with Gasteiger partial charge in [0.2, 0.25) is 0 Å². The van der Waals surface area contributed by atoms with Crippen LogP contribution in [-0.2, 0) is 6.42 Å². The molecule has 1 aromatic heterocycles. The molecule has 17 heavy (non-hydrogen) atoms. The second kappa shape index (κ2) is 4.19. The van der Waals surface area contributed by atoms with Crippen molar-refractivity contribution in [2.45, 2.75) is 19.3 Å². The molecule has 0 fully saturated rings. The van der Waals surface area contributed by atoms with Crippen LogP contribution in [0.25, 0.3) is 10.9 Å². The van der Waals surface area contributed by atoms with E-state index in [4.69, 9.17) is 16.6 Å². The van der Waals surface area contributed by atoms with Crippen LogP contribution in [0.5, 0.6) is 0 Å². The van der Waals surface area contributed by atoms with Gasteiger partial charge in [-0.1, -0.05) is 29.8 Å². The number of fused-ring (bicyclic) bond motifs is 2. The summed E-state index contributed by atoms with van der Waals surface area (Å²) in [5.74, 6) is 1.06. The zero-order valence-electron chi connectivity index (χ0n) is 9.91. The maximum absolute atomic E-state index is 6.53. The molecule has 0 aliphatic carbocycles. The van der Waals surface area contributed by atoms with E-state index < -0.39 is 0 Å². The molecule has 1 aromatic carbocycles. The number of nitrogens with zero attached hydrogens (tertiary/aromatic N) is 2. The molecule has 3 heteroatoms. The van der Waals surface area contributed by atoms with Crippen molar-refractivity contribution >= 4 is 28.3 Å². The zero-order valence-corrected chi connectivity index (χ0v) is 10.7. The lowest BCUT2D eigenvalue weighted by Crippen LogP contribution is -2.19. The maximum Gasteiger partial charge on any atom is 0.133 e. The number of benzene rings is 1. The van der Waals surface area contributed by atoms with Gasteiger partial charge in [-0.05, 0) is 25.3 Å². The third kappa shape index (κ3) is 1.77. The average molecular weight is 247 g/mol. The second-order valence-electron chi connectivity index (χ2n) is 4.62. The van der Waals surface area contributed by atoms with Gasteiger partial charge in [-0.3, -0.25) is 0 Å². The van der Waals surface area contributed by atoms with Crippen molar-refractivity contribution in [3.8, 4) is 0 Å². The highest BCUT2D eigenvalue weighted by Gasteiger charge is 2.18. The number of para-hydroxylation sites is 1. The molecule has 2 nitrogen and oxygen atoms in total. The fourth-order valence-corrected chi connectivity index (χ4v) is 2.83. The predicted octanol–water partition coefficient (Wildman–Crippen LogP) is 3.66. The molecule has 88 valence electrons. The van der Waals surface area contributed by atoms with Gasteiger partial charge in [-0.15, -0.1) is 0 Å². The van der Waals surface area contributed by atoms with Gasteiger partial charge in [-0.25, -0.2) is 4.98 Å². The summed E-state index contributed by atoms with van der Waals surface area (Å²) in [6, 6.07) is 8.10. The van der Waals surface area contributed by atoms with Gasteiger partial charge in [0.1, 0.15) is 5.82 Å². The summed E-state index contributed by atoms with van der Waals surface area (Å²) < 4.78 is 0. The number of halogens is 1. The predicted molar refractivity (Wildman–Crippen MR) is 73.0 cm³/mol. The van der Waals surface area contributed by atoms with E-state index in [0.717, 1.165) is 34.7 Å². The average Bonchev–Trinajstić information content (AvgIpc) is 2.53. The molecule has 0 saturated heterocycles. The normalized spacial score (nSPS) is 15.8. The molecule has 0 radical (unpaired) electrons. The Labute approximate surface area is 106 Å². The SMILES string of the molecule is CN1CCCCc2c1nc1ccccc1c2Cl.